The van der Waals surface area contributed by atoms with Gasteiger partial charge in [-0.15, -0.1) is 0 Å². The molecular formula is C6H8B2O4S3. The second-order valence-electron chi connectivity index (χ2n) is 3.51. The van der Waals surface area contributed by atoms with Crippen LogP contribution in [0.25, 0.3) is 0 Å². The van der Waals surface area contributed by atoms with Crippen LogP contribution >= 0.6 is 11.3 Å². The van der Waals surface area contributed by atoms with Crippen molar-refractivity contribution >= 4 is 56.3 Å². The summed E-state index contributed by atoms with van der Waals surface area (Å²) in [7, 11) is -3.49. The molecule has 2 rings (SSSR count). The Morgan fingerprint density at radius 2 is 1.20 bits per heavy atom. The molecule has 0 N–H and O–H groups in total. The summed E-state index contributed by atoms with van der Waals surface area (Å²) < 4.78 is 48.1. The molecule has 0 saturated heterocycles. The smallest absolute Gasteiger partial charge is 0.180 e. The molecule has 2 heterocycles. The zero-order valence-corrected chi connectivity index (χ0v) is 10.7. The van der Waals surface area contributed by atoms with Crippen molar-refractivity contribution in [2.75, 3.05) is 11.5 Å². The fourth-order valence-corrected chi connectivity index (χ4v) is 8.45. The van der Waals surface area contributed by atoms with Crippen LogP contribution in [0.1, 0.15) is 0 Å². The highest BCUT2D eigenvalue weighted by Gasteiger charge is 2.37. The molecule has 0 spiro atoms. The third kappa shape index (κ3) is 1.57. The lowest BCUT2D eigenvalue weighted by Crippen LogP contribution is -2.30. The fourth-order valence-electron chi connectivity index (χ4n) is 1.79. The molecule has 80 valence electrons. The first-order valence-corrected chi connectivity index (χ1v) is 8.43. The highest BCUT2D eigenvalue weighted by atomic mass is 32.2. The Hall–Kier alpha value is -0.270. The molecular weight excluding hydrogens is 254 g/mol. The zero-order chi connectivity index (χ0) is 11.4. The summed E-state index contributed by atoms with van der Waals surface area (Å²) in [5.74, 6) is -0.585. The molecule has 0 atom stereocenters. The standard InChI is InChI=1S/C6H8B2O4S3/c7-5-3-4(6(8)13-5)15(11,12)2-1-14(3,9)10/h1-2,7-8H2. The van der Waals surface area contributed by atoms with Crippen LogP contribution in [-0.4, -0.2) is 44.0 Å². The largest absolute Gasteiger partial charge is 0.224 e. The Balaban J connectivity index is 2.97. The van der Waals surface area contributed by atoms with Crippen molar-refractivity contribution in [3.63, 3.8) is 0 Å². The highest BCUT2D eigenvalue weighted by molar-refractivity contribution is 7.98. The van der Waals surface area contributed by atoms with Gasteiger partial charge >= 0.3 is 0 Å². The van der Waals surface area contributed by atoms with Crippen LogP contribution in [0.2, 0.25) is 0 Å². The lowest BCUT2D eigenvalue weighted by atomic mass is 10.1. The molecule has 0 radical (unpaired) electrons. The molecule has 1 aromatic rings. The van der Waals surface area contributed by atoms with Crippen molar-refractivity contribution in [3.05, 3.63) is 0 Å². The van der Waals surface area contributed by atoms with E-state index in [0.717, 1.165) is 0 Å². The number of thiophene rings is 1. The summed E-state index contributed by atoms with van der Waals surface area (Å²) in [6.45, 7) is 0. The second kappa shape index (κ2) is 3.11. The second-order valence-corrected chi connectivity index (χ2v) is 9.03. The van der Waals surface area contributed by atoms with Crippen LogP contribution in [0.4, 0.5) is 0 Å². The van der Waals surface area contributed by atoms with Gasteiger partial charge in [0.1, 0.15) is 0 Å². The van der Waals surface area contributed by atoms with Gasteiger partial charge in [-0.25, -0.2) is 16.8 Å². The van der Waals surface area contributed by atoms with Gasteiger partial charge in [0.25, 0.3) is 0 Å². The van der Waals surface area contributed by atoms with Gasteiger partial charge in [-0.05, 0) is 9.55 Å². The van der Waals surface area contributed by atoms with Crippen LogP contribution in [0.15, 0.2) is 9.79 Å². The zero-order valence-electron chi connectivity index (χ0n) is 8.27. The molecule has 0 aliphatic carbocycles. The van der Waals surface area contributed by atoms with Gasteiger partial charge in [-0.3, -0.25) is 0 Å². The maximum atomic E-state index is 11.7. The first kappa shape index (κ1) is 11.2. The van der Waals surface area contributed by atoms with Crippen LogP contribution in [0.3, 0.4) is 0 Å². The molecule has 9 heteroatoms. The van der Waals surface area contributed by atoms with E-state index in [1.807, 2.05) is 0 Å². The Morgan fingerprint density at radius 3 is 1.53 bits per heavy atom. The molecule has 1 aromatic heterocycles. The van der Waals surface area contributed by atoms with Crippen molar-refractivity contribution in [1.29, 1.82) is 0 Å². The van der Waals surface area contributed by atoms with Crippen LogP contribution in [0.5, 0.6) is 0 Å². The predicted octanol–water partition coefficient (Wildman–Crippen LogP) is -3.17. The van der Waals surface area contributed by atoms with Crippen molar-refractivity contribution in [2.45, 2.75) is 9.79 Å². The number of rotatable bonds is 0. The molecule has 0 saturated carbocycles. The average molecular weight is 262 g/mol. The molecule has 1 aliphatic rings. The van der Waals surface area contributed by atoms with Gasteiger partial charge in [-0.2, -0.15) is 11.3 Å². The number of sulfone groups is 2. The predicted molar refractivity (Wildman–Crippen MR) is 64.8 cm³/mol. The first-order chi connectivity index (χ1) is 6.76. The van der Waals surface area contributed by atoms with Gasteiger partial charge in [0.15, 0.2) is 35.4 Å². The Morgan fingerprint density at radius 1 is 0.867 bits per heavy atom. The summed E-state index contributed by atoms with van der Waals surface area (Å²) in [6.07, 6.45) is 0. The lowest BCUT2D eigenvalue weighted by molar-refractivity contribution is 0.577. The fraction of sp³-hybridized carbons (Fsp3) is 0.333. The van der Waals surface area contributed by atoms with Gasteiger partial charge in [-0.1, -0.05) is 0 Å². The normalized spacial score (nSPS) is 22.1. The first-order valence-electron chi connectivity index (χ1n) is 4.31. The SMILES string of the molecule is Bc1sc(B)c2c1S(=O)(=O)CCS2(=O)=O. The van der Waals surface area contributed by atoms with Crippen molar-refractivity contribution in [1.82, 2.24) is 0 Å². The third-order valence-electron chi connectivity index (χ3n) is 2.39. The van der Waals surface area contributed by atoms with E-state index in [0.29, 0.717) is 9.55 Å². The summed E-state index contributed by atoms with van der Waals surface area (Å²) >= 11 is 1.23. The van der Waals surface area contributed by atoms with Gasteiger partial charge < -0.3 is 0 Å². The van der Waals surface area contributed by atoms with E-state index in [1.54, 1.807) is 15.7 Å². The van der Waals surface area contributed by atoms with E-state index in [9.17, 15) is 16.8 Å². The van der Waals surface area contributed by atoms with E-state index in [4.69, 9.17) is 0 Å². The Bertz CT molecular complexity index is 571. The maximum Gasteiger partial charge on any atom is 0.180 e. The minimum absolute atomic E-state index is 0.0382. The van der Waals surface area contributed by atoms with E-state index in [-0.39, 0.29) is 21.3 Å². The lowest BCUT2D eigenvalue weighted by Gasteiger charge is -2.14. The highest BCUT2D eigenvalue weighted by Crippen LogP contribution is 2.27. The van der Waals surface area contributed by atoms with Crippen LogP contribution in [-0.2, 0) is 19.7 Å². The minimum atomic E-state index is -3.39. The van der Waals surface area contributed by atoms with Crippen LogP contribution in [0, 0.1) is 0 Å². The summed E-state index contributed by atoms with van der Waals surface area (Å²) in [6, 6.07) is 0. The molecule has 4 nitrogen and oxygen atoms in total. The number of hydrogen-bond acceptors (Lipinski definition) is 5. The van der Waals surface area contributed by atoms with E-state index in [2.05, 4.69) is 0 Å². The quantitative estimate of drug-likeness (QED) is 0.462. The summed E-state index contributed by atoms with van der Waals surface area (Å²) in [4.78, 5) is 0.0764. The Kier molecular flexibility index (Phi) is 2.33. The number of fused-ring (bicyclic) bond motifs is 1. The number of hydrogen-bond donors (Lipinski definition) is 0. The molecule has 0 bridgehead atoms. The average Bonchev–Trinajstić information content (AvgIpc) is 2.38. The monoisotopic (exact) mass is 262 g/mol. The van der Waals surface area contributed by atoms with Gasteiger partial charge in [0, 0.05) is 0 Å². The third-order valence-corrected chi connectivity index (χ3v) is 7.81. The molecule has 1 aliphatic heterocycles. The van der Waals surface area contributed by atoms with Gasteiger partial charge in [0.05, 0.1) is 21.3 Å². The minimum Gasteiger partial charge on any atom is -0.224 e. The van der Waals surface area contributed by atoms with Crippen molar-refractivity contribution in [2.24, 2.45) is 0 Å². The molecule has 0 fully saturated rings. The Labute approximate surface area is 94.4 Å². The van der Waals surface area contributed by atoms with E-state index < -0.39 is 19.7 Å². The van der Waals surface area contributed by atoms with E-state index >= 15 is 0 Å². The maximum absolute atomic E-state index is 11.7. The van der Waals surface area contributed by atoms with Crippen LogP contribution < -0.4 is 9.55 Å². The van der Waals surface area contributed by atoms with Gasteiger partial charge in [0.2, 0.25) is 0 Å². The molecule has 0 aromatic carbocycles. The van der Waals surface area contributed by atoms with Crippen molar-refractivity contribution < 1.29 is 16.8 Å². The molecule has 0 unspecified atom stereocenters. The van der Waals surface area contributed by atoms with E-state index in [1.165, 1.54) is 11.3 Å². The summed E-state index contributed by atoms with van der Waals surface area (Å²) in [5, 5.41) is 0. The molecule has 15 heavy (non-hydrogen) atoms. The van der Waals surface area contributed by atoms with Crippen molar-refractivity contribution in [3.8, 4) is 0 Å². The summed E-state index contributed by atoms with van der Waals surface area (Å²) in [5.41, 5.74) is 0. The molecule has 0 amide bonds. The topological polar surface area (TPSA) is 68.3 Å².